The fraction of sp³-hybridized carbons (Fsp3) is 0.556. The highest BCUT2D eigenvalue weighted by Gasteiger charge is 2.23. The summed E-state index contributed by atoms with van der Waals surface area (Å²) in [5.74, 6) is -0.528. The molecule has 0 saturated carbocycles. The summed E-state index contributed by atoms with van der Waals surface area (Å²) in [6, 6.07) is 0. The average molecular weight is 231 g/mol. The minimum Gasteiger partial charge on any atom is -0.466 e. The molecule has 2 atom stereocenters. The van der Waals surface area contributed by atoms with Gasteiger partial charge < -0.3 is 14.9 Å². The van der Waals surface area contributed by atoms with Crippen molar-refractivity contribution in [3.05, 3.63) is 16.6 Å². The summed E-state index contributed by atoms with van der Waals surface area (Å²) in [4.78, 5) is 14.9. The van der Waals surface area contributed by atoms with Crippen LogP contribution in [0.1, 0.15) is 25.1 Å². The first kappa shape index (κ1) is 12.1. The lowest BCUT2D eigenvalue weighted by Gasteiger charge is -2.14. The van der Waals surface area contributed by atoms with Crippen LogP contribution in [0.5, 0.6) is 0 Å². The normalized spacial score (nSPS) is 14.6. The summed E-state index contributed by atoms with van der Waals surface area (Å²) in [6.45, 7) is 1.94. The largest absolute Gasteiger partial charge is 0.466 e. The van der Waals surface area contributed by atoms with Gasteiger partial charge >= 0.3 is 5.97 Å². The molecule has 2 unspecified atom stereocenters. The van der Waals surface area contributed by atoms with Crippen molar-refractivity contribution in [1.29, 1.82) is 0 Å². The van der Waals surface area contributed by atoms with Gasteiger partial charge in [-0.1, -0.05) is 0 Å². The predicted octanol–water partition coefficient (Wildman–Crippen LogP) is 0.491. The maximum atomic E-state index is 11.0. The van der Waals surface area contributed by atoms with E-state index in [1.807, 2.05) is 0 Å². The number of hydrogen-bond donors (Lipinski definition) is 2. The summed E-state index contributed by atoms with van der Waals surface area (Å²) in [5.41, 5.74) is 1.92. The Balaban J connectivity index is 2.46. The minimum absolute atomic E-state index is 0.230. The monoisotopic (exact) mass is 231 g/mol. The average Bonchev–Trinajstić information content (AvgIpc) is 2.69. The molecule has 15 heavy (non-hydrogen) atoms. The molecule has 0 fully saturated rings. The van der Waals surface area contributed by atoms with Crippen LogP contribution in [0, 0.1) is 0 Å². The lowest BCUT2D eigenvalue weighted by molar-refractivity contribution is -0.147. The zero-order valence-corrected chi connectivity index (χ0v) is 9.11. The van der Waals surface area contributed by atoms with Crippen molar-refractivity contribution in [1.82, 2.24) is 4.98 Å². The quantitative estimate of drug-likeness (QED) is 0.721. The summed E-state index contributed by atoms with van der Waals surface area (Å²) < 4.78 is 4.65. The van der Waals surface area contributed by atoms with E-state index < -0.39 is 18.2 Å². The number of thiazole rings is 1. The molecule has 0 saturated heterocycles. The Morgan fingerprint density at radius 3 is 2.93 bits per heavy atom. The first-order valence-corrected chi connectivity index (χ1v) is 5.49. The lowest BCUT2D eigenvalue weighted by atomic mass is 10.1. The van der Waals surface area contributed by atoms with Gasteiger partial charge in [0.05, 0.1) is 30.3 Å². The smallest absolute Gasteiger partial charge is 0.308 e. The van der Waals surface area contributed by atoms with Gasteiger partial charge in [-0.2, -0.15) is 0 Å². The highest BCUT2D eigenvalue weighted by atomic mass is 32.1. The highest BCUT2D eigenvalue weighted by molar-refractivity contribution is 7.07. The van der Waals surface area contributed by atoms with E-state index >= 15 is 0 Å². The molecular formula is C9H13NO4S. The van der Waals surface area contributed by atoms with Crippen LogP contribution in [-0.2, 0) is 9.53 Å². The van der Waals surface area contributed by atoms with Crippen LogP contribution in [0.15, 0.2) is 10.9 Å². The van der Waals surface area contributed by atoms with E-state index in [-0.39, 0.29) is 13.0 Å². The second-order valence-electron chi connectivity index (χ2n) is 2.93. The molecule has 0 bridgehead atoms. The van der Waals surface area contributed by atoms with Gasteiger partial charge in [0, 0.05) is 5.38 Å². The molecule has 0 radical (unpaired) electrons. The van der Waals surface area contributed by atoms with Crippen molar-refractivity contribution in [2.75, 3.05) is 6.61 Å². The SMILES string of the molecule is CCOC(=O)CC(O)C(O)c1cscn1. The topological polar surface area (TPSA) is 79.7 Å². The molecule has 1 aromatic rings. The number of aliphatic hydroxyl groups is 2. The standard InChI is InChI=1S/C9H13NO4S/c1-2-14-8(12)3-7(11)9(13)6-4-15-5-10-6/h4-5,7,9,11,13H,2-3H2,1H3. The minimum atomic E-state index is -1.17. The van der Waals surface area contributed by atoms with Crippen molar-refractivity contribution in [2.45, 2.75) is 25.6 Å². The Labute approximate surface area is 91.3 Å². The molecule has 1 heterocycles. The Morgan fingerprint density at radius 2 is 2.40 bits per heavy atom. The zero-order chi connectivity index (χ0) is 11.3. The van der Waals surface area contributed by atoms with Gasteiger partial charge in [0.25, 0.3) is 0 Å². The molecule has 0 aliphatic rings. The Hall–Kier alpha value is -0.980. The van der Waals surface area contributed by atoms with Gasteiger partial charge in [-0.25, -0.2) is 4.98 Å². The van der Waals surface area contributed by atoms with Crippen LogP contribution in [0.3, 0.4) is 0 Å². The molecule has 0 spiro atoms. The molecule has 0 aliphatic heterocycles. The second-order valence-corrected chi connectivity index (χ2v) is 3.65. The van der Waals surface area contributed by atoms with Gasteiger partial charge in [-0.3, -0.25) is 4.79 Å². The third-order valence-electron chi connectivity index (χ3n) is 1.80. The summed E-state index contributed by atoms with van der Waals surface area (Å²) in [6.07, 6.45) is -2.54. The van der Waals surface area contributed by atoms with Crippen molar-refractivity contribution < 1.29 is 19.7 Å². The Bertz CT molecular complexity index is 301. The van der Waals surface area contributed by atoms with Gasteiger partial charge in [0.15, 0.2) is 0 Å². The van der Waals surface area contributed by atoms with E-state index in [2.05, 4.69) is 9.72 Å². The van der Waals surface area contributed by atoms with Crippen molar-refractivity contribution in [3.63, 3.8) is 0 Å². The summed E-state index contributed by atoms with van der Waals surface area (Å²) in [7, 11) is 0. The third-order valence-corrected chi connectivity index (χ3v) is 2.40. The van der Waals surface area contributed by atoms with E-state index in [0.717, 1.165) is 0 Å². The van der Waals surface area contributed by atoms with Crippen molar-refractivity contribution in [3.8, 4) is 0 Å². The van der Waals surface area contributed by atoms with Crippen LogP contribution >= 0.6 is 11.3 Å². The van der Waals surface area contributed by atoms with Gasteiger partial charge in [-0.15, -0.1) is 11.3 Å². The summed E-state index contributed by atoms with van der Waals surface area (Å²) >= 11 is 1.32. The number of aliphatic hydroxyl groups excluding tert-OH is 2. The van der Waals surface area contributed by atoms with Crippen molar-refractivity contribution >= 4 is 17.3 Å². The van der Waals surface area contributed by atoms with Crippen LogP contribution in [0.4, 0.5) is 0 Å². The first-order chi connectivity index (χ1) is 7.15. The zero-order valence-electron chi connectivity index (χ0n) is 8.29. The van der Waals surface area contributed by atoms with E-state index in [9.17, 15) is 15.0 Å². The highest BCUT2D eigenvalue weighted by Crippen LogP contribution is 2.18. The van der Waals surface area contributed by atoms with E-state index in [1.54, 1.807) is 17.8 Å². The van der Waals surface area contributed by atoms with Gasteiger partial charge in [-0.05, 0) is 6.92 Å². The molecule has 1 rings (SSSR count). The maximum Gasteiger partial charge on any atom is 0.308 e. The third kappa shape index (κ3) is 3.58. The molecule has 6 heteroatoms. The number of aromatic nitrogens is 1. The molecule has 1 aromatic heterocycles. The van der Waals surface area contributed by atoms with Crippen LogP contribution in [0.25, 0.3) is 0 Å². The summed E-state index contributed by atoms with van der Waals surface area (Å²) in [5, 5.41) is 20.7. The molecule has 2 N–H and O–H groups in total. The fourth-order valence-corrected chi connectivity index (χ4v) is 1.65. The molecule has 5 nitrogen and oxygen atoms in total. The fourth-order valence-electron chi connectivity index (χ4n) is 1.07. The van der Waals surface area contributed by atoms with E-state index in [1.165, 1.54) is 11.3 Å². The van der Waals surface area contributed by atoms with Crippen LogP contribution in [-0.4, -0.2) is 33.9 Å². The van der Waals surface area contributed by atoms with E-state index in [4.69, 9.17) is 0 Å². The number of hydrogen-bond acceptors (Lipinski definition) is 6. The number of rotatable bonds is 5. The maximum absolute atomic E-state index is 11.0. The second kappa shape index (κ2) is 5.79. The molecule has 0 aliphatic carbocycles. The van der Waals surface area contributed by atoms with E-state index in [0.29, 0.717) is 5.69 Å². The molecular weight excluding hydrogens is 218 g/mol. The number of nitrogens with zero attached hydrogens (tertiary/aromatic N) is 1. The number of carbonyl (C=O) groups excluding carboxylic acids is 1. The predicted molar refractivity (Wildman–Crippen MR) is 54.3 cm³/mol. The Kier molecular flexibility index (Phi) is 4.67. The van der Waals surface area contributed by atoms with Crippen LogP contribution in [0.2, 0.25) is 0 Å². The number of carbonyl (C=O) groups is 1. The van der Waals surface area contributed by atoms with Crippen LogP contribution < -0.4 is 0 Å². The molecule has 0 aromatic carbocycles. The first-order valence-electron chi connectivity index (χ1n) is 4.55. The van der Waals surface area contributed by atoms with Crippen molar-refractivity contribution in [2.24, 2.45) is 0 Å². The van der Waals surface area contributed by atoms with Gasteiger partial charge in [0.1, 0.15) is 6.10 Å². The number of ether oxygens (including phenoxy) is 1. The molecule has 0 amide bonds. The number of esters is 1. The van der Waals surface area contributed by atoms with Gasteiger partial charge in [0.2, 0.25) is 0 Å². The Morgan fingerprint density at radius 1 is 1.67 bits per heavy atom. The lowest BCUT2D eigenvalue weighted by Crippen LogP contribution is -2.23. The molecule has 84 valence electrons.